The van der Waals surface area contributed by atoms with Crippen molar-refractivity contribution in [3.63, 3.8) is 0 Å². The average Bonchev–Trinajstić information content (AvgIpc) is 3.19. The highest BCUT2D eigenvalue weighted by atomic mass is 16.5. The van der Waals surface area contributed by atoms with Crippen LogP contribution in [0.5, 0.6) is 11.5 Å². The third-order valence-corrected chi connectivity index (χ3v) is 5.31. The van der Waals surface area contributed by atoms with E-state index in [4.69, 9.17) is 9.47 Å². The van der Waals surface area contributed by atoms with Crippen LogP contribution in [0.2, 0.25) is 0 Å². The molecule has 0 spiro atoms. The van der Waals surface area contributed by atoms with E-state index in [-0.39, 0.29) is 37.5 Å². The molecular formula is C24H29N3O5. The molecule has 1 fully saturated rings. The summed E-state index contributed by atoms with van der Waals surface area (Å²) in [6.45, 7) is 4.36. The molecule has 0 N–H and O–H groups in total. The van der Waals surface area contributed by atoms with Crippen LogP contribution in [-0.2, 0) is 9.59 Å². The topological polar surface area (TPSA) is 79.4 Å². The standard InChI is InChI=1S/C24H29N3O5/c1-5-9-25(24(30)18-11-20(31-3)13-21(12-18)32-4)14-22(28)26-15-23(29)27(16-26)19-8-6-7-17(2)10-19/h6-8,10-13H,5,9,14-16H2,1-4H3. The minimum Gasteiger partial charge on any atom is -0.497 e. The first kappa shape index (κ1) is 23.1. The number of aryl methyl sites for hydroxylation is 1. The van der Waals surface area contributed by atoms with E-state index in [1.54, 1.807) is 23.1 Å². The van der Waals surface area contributed by atoms with Gasteiger partial charge in [-0.15, -0.1) is 0 Å². The van der Waals surface area contributed by atoms with Crippen LogP contribution in [0.25, 0.3) is 0 Å². The lowest BCUT2D eigenvalue weighted by Crippen LogP contribution is -2.43. The molecule has 2 aromatic carbocycles. The molecule has 3 amide bonds. The lowest BCUT2D eigenvalue weighted by molar-refractivity contribution is -0.132. The fraction of sp³-hybridized carbons (Fsp3) is 0.375. The molecule has 0 saturated carbocycles. The third-order valence-electron chi connectivity index (χ3n) is 5.31. The van der Waals surface area contributed by atoms with Crippen molar-refractivity contribution in [1.29, 1.82) is 0 Å². The molecule has 0 aromatic heterocycles. The number of hydrogen-bond donors (Lipinski definition) is 0. The van der Waals surface area contributed by atoms with Gasteiger partial charge in [-0.1, -0.05) is 19.1 Å². The van der Waals surface area contributed by atoms with Gasteiger partial charge in [0.2, 0.25) is 11.8 Å². The highest BCUT2D eigenvalue weighted by molar-refractivity contribution is 6.01. The number of ether oxygens (including phenoxy) is 2. The van der Waals surface area contributed by atoms with Gasteiger partial charge in [0, 0.05) is 23.9 Å². The molecule has 32 heavy (non-hydrogen) atoms. The number of carbonyl (C=O) groups is 3. The number of rotatable bonds is 8. The van der Waals surface area contributed by atoms with E-state index in [2.05, 4.69) is 0 Å². The van der Waals surface area contributed by atoms with Gasteiger partial charge in [-0.2, -0.15) is 0 Å². The van der Waals surface area contributed by atoms with E-state index in [9.17, 15) is 14.4 Å². The molecule has 1 aliphatic rings. The summed E-state index contributed by atoms with van der Waals surface area (Å²) in [5, 5.41) is 0. The van der Waals surface area contributed by atoms with Crippen molar-refractivity contribution >= 4 is 23.4 Å². The van der Waals surface area contributed by atoms with Gasteiger partial charge in [0.1, 0.15) is 31.3 Å². The number of methoxy groups -OCH3 is 2. The fourth-order valence-corrected chi connectivity index (χ4v) is 3.64. The minimum absolute atomic E-state index is 0.00604. The zero-order chi connectivity index (χ0) is 23.3. The van der Waals surface area contributed by atoms with Gasteiger partial charge in [0.25, 0.3) is 5.91 Å². The molecule has 0 radical (unpaired) electrons. The lowest BCUT2D eigenvalue weighted by Gasteiger charge is -2.25. The Bertz CT molecular complexity index is 985. The molecule has 0 unspecified atom stereocenters. The Morgan fingerprint density at radius 1 is 1.06 bits per heavy atom. The zero-order valence-corrected chi connectivity index (χ0v) is 19.0. The predicted octanol–water partition coefficient (Wildman–Crippen LogP) is 2.70. The maximum absolute atomic E-state index is 13.2. The van der Waals surface area contributed by atoms with Gasteiger partial charge in [-0.05, 0) is 43.2 Å². The molecule has 8 nitrogen and oxygen atoms in total. The van der Waals surface area contributed by atoms with Crippen molar-refractivity contribution < 1.29 is 23.9 Å². The largest absolute Gasteiger partial charge is 0.497 e. The number of anilines is 1. The molecule has 170 valence electrons. The van der Waals surface area contributed by atoms with Crippen LogP contribution in [-0.4, -0.2) is 68.0 Å². The Labute approximate surface area is 188 Å². The van der Waals surface area contributed by atoms with Crippen molar-refractivity contribution in [2.24, 2.45) is 0 Å². The van der Waals surface area contributed by atoms with Gasteiger partial charge in [0.05, 0.1) is 14.2 Å². The van der Waals surface area contributed by atoms with Crippen LogP contribution in [0, 0.1) is 6.92 Å². The molecule has 8 heteroatoms. The van der Waals surface area contributed by atoms with Crippen LogP contribution in [0.3, 0.4) is 0 Å². The molecule has 2 aromatic rings. The summed E-state index contributed by atoms with van der Waals surface area (Å²) in [7, 11) is 3.03. The number of carbonyl (C=O) groups excluding carboxylic acids is 3. The number of benzene rings is 2. The molecular weight excluding hydrogens is 410 g/mol. The first-order valence-electron chi connectivity index (χ1n) is 10.5. The van der Waals surface area contributed by atoms with E-state index in [1.165, 1.54) is 24.0 Å². The van der Waals surface area contributed by atoms with Crippen molar-refractivity contribution in [3.05, 3.63) is 53.6 Å². The van der Waals surface area contributed by atoms with E-state index in [0.717, 1.165) is 11.3 Å². The van der Waals surface area contributed by atoms with Crippen molar-refractivity contribution in [1.82, 2.24) is 9.80 Å². The molecule has 1 aliphatic heterocycles. The second-order valence-electron chi connectivity index (χ2n) is 7.72. The maximum Gasteiger partial charge on any atom is 0.254 e. The fourth-order valence-electron chi connectivity index (χ4n) is 3.64. The predicted molar refractivity (Wildman–Crippen MR) is 121 cm³/mol. The van der Waals surface area contributed by atoms with Gasteiger partial charge < -0.3 is 19.3 Å². The molecule has 0 atom stereocenters. The molecule has 0 aliphatic carbocycles. The van der Waals surface area contributed by atoms with Gasteiger partial charge in [-0.25, -0.2) is 0 Å². The Morgan fingerprint density at radius 2 is 1.75 bits per heavy atom. The van der Waals surface area contributed by atoms with Crippen molar-refractivity contribution in [3.8, 4) is 11.5 Å². The van der Waals surface area contributed by atoms with Crippen LogP contribution < -0.4 is 14.4 Å². The minimum atomic E-state index is -0.293. The second-order valence-corrected chi connectivity index (χ2v) is 7.72. The zero-order valence-electron chi connectivity index (χ0n) is 19.0. The average molecular weight is 440 g/mol. The Morgan fingerprint density at radius 3 is 2.34 bits per heavy atom. The summed E-state index contributed by atoms with van der Waals surface area (Å²) >= 11 is 0. The molecule has 3 rings (SSSR count). The summed E-state index contributed by atoms with van der Waals surface area (Å²) < 4.78 is 10.5. The quantitative estimate of drug-likeness (QED) is 0.632. The summed E-state index contributed by atoms with van der Waals surface area (Å²) in [4.78, 5) is 43.3. The normalized spacial score (nSPS) is 13.3. The van der Waals surface area contributed by atoms with E-state index >= 15 is 0 Å². The van der Waals surface area contributed by atoms with Crippen LogP contribution >= 0.6 is 0 Å². The summed E-state index contributed by atoms with van der Waals surface area (Å²) in [6, 6.07) is 12.5. The van der Waals surface area contributed by atoms with Crippen LogP contribution in [0.4, 0.5) is 5.69 Å². The van der Waals surface area contributed by atoms with Gasteiger partial charge >= 0.3 is 0 Å². The van der Waals surface area contributed by atoms with E-state index in [0.29, 0.717) is 30.0 Å². The first-order chi connectivity index (χ1) is 15.4. The van der Waals surface area contributed by atoms with Crippen molar-refractivity contribution in [2.45, 2.75) is 20.3 Å². The third kappa shape index (κ3) is 5.19. The SMILES string of the molecule is CCCN(CC(=O)N1CC(=O)N(c2cccc(C)c2)C1)C(=O)c1cc(OC)cc(OC)c1. The Balaban J connectivity index is 1.74. The molecule has 0 bridgehead atoms. The Hall–Kier alpha value is -3.55. The highest BCUT2D eigenvalue weighted by Gasteiger charge is 2.33. The van der Waals surface area contributed by atoms with Gasteiger partial charge in [0.15, 0.2) is 0 Å². The molecule has 1 saturated heterocycles. The Kier molecular flexibility index (Phi) is 7.35. The summed E-state index contributed by atoms with van der Waals surface area (Å²) in [6.07, 6.45) is 0.689. The number of amides is 3. The lowest BCUT2D eigenvalue weighted by atomic mass is 10.1. The number of nitrogens with zero attached hydrogens (tertiary/aromatic N) is 3. The van der Waals surface area contributed by atoms with E-state index < -0.39 is 0 Å². The summed E-state index contributed by atoms with van der Waals surface area (Å²) in [5.74, 6) is 0.280. The van der Waals surface area contributed by atoms with E-state index in [1.807, 2.05) is 38.1 Å². The smallest absolute Gasteiger partial charge is 0.254 e. The maximum atomic E-state index is 13.2. The summed E-state index contributed by atoms with van der Waals surface area (Å²) in [5.41, 5.74) is 2.17. The monoisotopic (exact) mass is 439 g/mol. The highest BCUT2D eigenvalue weighted by Crippen LogP contribution is 2.24. The number of hydrogen-bond acceptors (Lipinski definition) is 5. The molecule has 1 heterocycles. The first-order valence-corrected chi connectivity index (χ1v) is 10.5. The van der Waals surface area contributed by atoms with Crippen LogP contribution in [0.1, 0.15) is 29.3 Å². The van der Waals surface area contributed by atoms with Crippen molar-refractivity contribution in [2.75, 3.05) is 45.4 Å². The second kappa shape index (κ2) is 10.2. The van der Waals surface area contributed by atoms with Crippen LogP contribution in [0.15, 0.2) is 42.5 Å². The van der Waals surface area contributed by atoms with Gasteiger partial charge in [-0.3, -0.25) is 19.3 Å².